The van der Waals surface area contributed by atoms with Crippen LogP contribution in [-0.4, -0.2) is 31.3 Å². The molecule has 3 N–H and O–H groups in total. The van der Waals surface area contributed by atoms with Crippen molar-refractivity contribution >= 4 is 5.91 Å². The fourth-order valence-corrected chi connectivity index (χ4v) is 1.38. The summed E-state index contributed by atoms with van der Waals surface area (Å²) in [6, 6.07) is 0. The standard InChI is InChI=1S/C10H14N6O/c1-2-3-8-14-9(16-15-8)10(17)11-4-7-5-12-13-6-7/h5-6H,2-4H2,1H3,(H,11,17)(H,12,13)(H,14,15,16). The minimum absolute atomic E-state index is 0.178. The Hall–Kier alpha value is -2.18. The molecule has 0 spiro atoms. The van der Waals surface area contributed by atoms with Gasteiger partial charge in [-0.3, -0.25) is 15.0 Å². The van der Waals surface area contributed by atoms with Crippen LogP contribution in [0.1, 0.15) is 35.4 Å². The van der Waals surface area contributed by atoms with Crippen LogP contribution >= 0.6 is 0 Å². The third-order valence-corrected chi connectivity index (χ3v) is 2.23. The highest BCUT2D eigenvalue weighted by molar-refractivity contribution is 5.90. The van der Waals surface area contributed by atoms with Crippen LogP contribution in [-0.2, 0) is 13.0 Å². The third kappa shape index (κ3) is 2.90. The number of nitrogens with zero attached hydrogens (tertiary/aromatic N) is 3. The molecule has 0 fully saturated rings. The Bertz CT molecular complexity index is 475. The largest absolute Gasteiger partial charge is 0.345 e. The summed E-state index contributed by atoms with van der Waals surface area (Å²) in [5.41, 5.74) is 0.905. The van der Waals surface area contributed by atoms with Crippen molar-refractivity contribution in [2.75, 3.05) is 0 Å². The maximum atomic E-state index is 11.7. The molecule has 1 amide bonds. The summed E-state index contributed by atoms with van der Waals surface area (Å²) in [7, 11) is 0. The van der Waals surface area contributed by atoms with E-state index in [4.69, 9.17) is 0 Å². The lowest BCUT2D eigenvalue weighted by Crippen LogP contribution is -2.23. The zero-order chi connectivity index (χ0) is 12.1. The van der Waals surface area contributed by atoms with Gasteiger partial charge in [-0.2, -0.15) is 5.10 Å². The molecule has 0 aliphatic rings. The highest BCUT2D eigenvalue weighted by atomic mass is 16.2. The summed E-state index contributed by atoms with van der Waals surface area (Å²) in [5.74, 6) is 0.628. The molecule has 0 unspecified atom stereocenters. The van der Waals surface area contributed by atoms with E-state index in [1.165, 1.54) is 0 Å². The topological polar surface area (TPSA) is 99.3 Å². The van der Waals surface area contributed by atoms with E-state index in [2.05, 4.69) is 30.7 Å². The smallest absolute Gasteiger partial charge is 0.291 e. The summed E-state index contributed by atoms with van der Waals surface area (Å²) >= 11 is 0. The van der Waals surface area contributed by atoms with Crippen molar-refractivity contribution in [2.24, 2.45) is 0 Å². The van der Waals surface area contributed by atoms with Gasteiger partial charge in [-0.05, 0) is 6.42 Å². The first-order chi connectivity index (χ1) is 8.29. The molecule has 0 saturated heterocycles. The van der Waals surface area contributed by atoms with Crippen LogP contribution in [0.4, 0.5) is 0 Å². The van der Waals surface area contributed by atoms with Gasteiger partial charge < -0.3 is 5.32 Å². The maximum Gasteiger partial charge on any atom is 0.291 e. The van der Waals surface area contributed by atoms with Gasteiger partial charge in [0.25, 0.3) is 5.91 Å². The fraction of sp³-hybridized carbons (Fsp3) is 0.400. The number of hydrogen-bond donors (Lipinski definition) is 3. The van der Waals surface area contributed by atoms with Crippen molar-refractivity contribution in [1.82, 2.24) is 30.7 Å². The molecule has 0 atom stereocenters. The molecule has 0 radical (unpaired) electrons. The van der Waals surface area contributed by atoms with E-state index in [-0.39, 0.29) is 11.7 Å². The lowest BCUT2D eigenvalue weighted by atomic mass is 10.3. The summed E-state index contributed by atoms with van der Waals surface area (Å²) < 4.78 is 0. The number of rotatable bonds is 5. The molecule has 2 heterocycles. The van der Waals surface area contributed by atoms with Crippen LogP contribution in [0.3, 0.4) is 0 Å². The number of H-pyrrole nitrogens is 2. The first-order valence-electron chi connectivity index (χ1n) is 5.46. The van der Waals surface area contributed by atoms with Crippen molar-refractivity contribution in [3.8, 4) is 0 Å². The first kappa shape index (κ1) is 11.3. The van der Waals surface area contributed by atoms with E-state index < -0.39 is 0 Å². The Kier molecular flexibility index (Phi) is 3.49. The molecular formula is C10H14N6O. The summed E-state index contributed by atoms with van der Waals surface area (Å²) in [6.45, 7) is 2.45. The van der Waals surface area contributed by atoms with Gasteiger partial charge in [0.05, 0.1) is 6.20 Å². The second kappa shape index (κ2) is 5.24. The van der Waals surface area contributed by atoms with Gasteiger partial charge in [0, 0.05) is 24.7 Å². The van der Waals surface area contributed by atoms with Crippen molar-refractivity contribution in [2.45, 2.75) is 26.3 Å². The first-order valence-corrected chi connectivity index (χ1v) is 5.46. The zero-order valence-electron chi connectivity index (χ0n) is 9.53. The molecule has 7 nitrogen and oxygen atoms in total. The predicted octanol–water partition coefficient (Wildman–Crippen LogP) is 0.410. The van der Waals surface area contributed by atoms with Crippen LogP contribution in [0.2, 0.25) is 0 Å². The minimum Gasteiger partial charge on any atom is -0.345 e. The van der Waals surface area contributed by atoms with Crippen molar-refractivity contribution in [3.05, 3.63) is 29.6 Å². The van der Waals surface area contributed by atoms with Crippen LogP contribution in [0.25, 0.3) is 0 Å². The number of nitrogens with one attached hydrogen (secondary N) is 3. The van der Waals surface area contributed by atoms with E-state index in [1.807, 2.05) is 6.92 Å². The lowest BCUT2D eigenvalue weighted by molar-refractivity contribution is 0.0941. The highest BCUT2D eigenvalue weighted by Crippen LogP contribution is 1.98. The van der Waals surface area contributed by atoms with Gasteiger partial charge in [-0.1, -0.05) is 6.92 Å². The molecular weight excluding hydrogens is 220 g/mol. The second-order valence-corrected chi connectivity index (χ2v) is 3.64. The van der Waals surface area contributed by atoms with E-state index in [1.54, 1.807) is 12.4 Å². The fourth-order valence-electron chi connectivity index (χ4n) is 1.38. The number of carbonyl (C=O) groups is 1. The quantitative estimate of drug-likeness (QED) is 0.697. The molecule has 2 aromatic heterocycles. The number of aryl methyl sites for hydroxylation is 1. The molecule has 2 rings (SSSR count). The Morgan fingerprint density at radius 1 is 1.53 bits per heavy atom. The molecule has 2 aromatic rings. The average molecular weight is 234 g/mol. The van der Waals surface area contributed by atoms with Gasteiger partial charge >= 0.3 is 0 Å². The molecule has 0 saturated carbocycles. The summed E-state index contributed by atoms with van der Waals surface area (Å²) in [4.78, 5) is 15.8. The molecule has 7 heteroatoms. The Morgan fingerprint density at radius 3 is 3.12 bits per heavy atom. The van der Waals surface area contributed by atoms with Crippen molar-refractivity contribution in [3.63, 3.8) is 0 Å². The van der Waals surface area contributed by atoms with Crippen LogP contribution in [0.5, 0.6) is 0 Å². The molecule has 17 heavy (non-hydrogen) atoms. The van der Waals surface area contributed by atoms with E-state index in [0.29, 0.717) is 6.54 Å². The number of amides is 1. The van der Waals surface area contributed by atoms with E-state index in [9.17, 15) is 4.79 Å². The Morgan fingerprint density at radius 2 is 2.41 bits per heavy atom. The van der Waals surface area contributed by atoms with Gasteiger partial charge in [0.15, 0.2) is 0 Å². The minimum atomic E-state index is -0.287. The number of carbonyl (C=O) groups excluding carboxylic acids is 1. The lowest BCUT2D eigenvalue weighted by Gasteiger charge is -1.98. The molecule has 0 aromatic carbocycles. The Labute approximate surface area is 98.0 Å². The molecule has 0 bridgehead atoms. The SMILES string of the molecule is CCCc1nc(C(=O)NCc2cn[nH]c2)n[nH]1. The molecule has 0 aliphatic heterocycles. The van der Waals surface area contributed by atoms with Gasteiger partial charge in [-0.25, -0.2) is 4.98 Å². The maximum absolute atomic E-state index is 11.7. The number of aromatic nitrogens is 5. The van der Waals surface area contributed by atoms with E-state index in [0.717, 1.165) is 24.2 Å². The van der Waals surface area contributed by atoms with Crippen molar-refractivity contribution < 1.29 is 4.79 Å². The third-order valence-electron chi connectivity index (χ3n) is 2.23. The highest BCUT2D eigenvalue weighted by Gasteiger charge is 2.11. The number of aromatic amines is 2. The van der Waals surface area contributed by atoms with Crippen molar-refractivity contribution in [1.29, 1.82) is 0 Å². The number of hydrogen-bond acceptors (Lipinski definition) is 4. The zero-order valence-corrected chi connectivity index (χ0v) is 9.53. The van der Waals surface area contributed by atoms with Gasteiger partial charge in [-0.15, -0.1) is 5.10 Å². The van der Waals surface area contributed by atoms with Crippen LogP contribution in [0, 0.1) is 0 Å². The normalized spacial score (nSPS) is 10.4. The molecule has 90 valence electrons. The summed E-state index contributed by atoms with van der Waals surface area (Å²) in [5, 5.41) is 15.8. The predicted molar refractivity (Wildman–Crippen MR) is 60.1 cm³/mol. The van der Waals surface area contributed by atoms with E-state index >= 15 is 0 Å². The van der Waals surface area contributed by atoms with Crippen LogP contribution < -0.4 is 5.32 Å². The average Bonchev–Trinajstić information content (AvgIpc) is 2.97. The van der Waals surface area contributed by atoms with Crippen LogP contribution in [0.15, 0.2) is 12.4 Å². The second-order valence-electron chi connectivity index (χ2n) is 3.64. The Balaban J connectivity index is 1.90. The van der Waals surface area contributed by atoms with Gasteiger partial charge in [0.1, 0.15) is 5.82 Å². The summed E-state index contributed by atoms with van der Waals surface area (Å²) in [6.07, 6.45) is 5.13. The monoisotopic (exact) mass is 234 g/mol. The van der Waals surface area contributed by atoms with Gasteiger partial charge in [0.2, 0.25) is 5.82 Å². The molecule has 0 aliphatic carbocycles.